The molecule has 0 spiro atoms. The van der Waals surface area contributed by atoms with Crippen LogP contribution < -0.4 is 10.6 Å². The molecule has 4 aromatic rings. The zero-order valence-electron chi connectivity index (χ0n) is 17.3. The maximum atomic E-state index is 14.5. The number of carbonyl (C=O) groups excluding carboxylic acids is 1. The minimum atomic E-state index is -0.735. The number of nitrogens with zero attached hydrogens (tertiary/aromatic N) is 3. The van der Waals surface area contributed by atoms with Crippen LogP contribution in [0, 0.1) is 17.5 Å². The Hall–Kier alpha value is -3.89. The number of H-pyrrole nitrogens is 2. The summed E-state index contributed by atoms with van der Waals surface area (Å²) in [7, 11) is 0. The minimum absolute atomic E-state index is 0.00534. The quantitative estimate of drug-likeness (QED) is 0.365. The lowest BCUT2D eigenvalue weighted by molar-refractivity contribution is 0.0917. The first-order chi connectivity index (χ1) is 16.0. The molecule has 1 fully saturated rings. The van der Waals surface area contributed by atoms with Crippen molar-refractivity contribution in [2.45, 2.75) is 37.8 Å². The number of aromatic nitrogens is 5. The first kappa shape index (κ1) is 21.0. The Balaban J connectivity index is 1.34. The van der Waals surface area contributed by atoms with E-state index in [9.17, 15) is 18.0 Å². The standard InChI is InChI=1S/C22H20F3N7O/c23-11-6-14-15(9-28-18(14)16(24)7-11)19-29-10-17(25)20(32-19)30-12-2-1-3-13(8-12)31-22(33)21-26-4-5-27-21/h4-7,9-10,12-13,28H,1-3,8H2,(H,26,27)(H,31,33)(H,29,30,32)/t12-,13+/m0/s1. The molecule has 5 rings (SSSR count). The minimum Gasteiger partial charge on any atom is -0.365 e. The Morgan fingerprint density at radius 1 is 1.06 bits per heavy atom. The number of anilines is 1. The third kappa shape index (κ3) is 4.26. The lowest BCUT2D eigenvalue weighted by atomic mass is 9.91. The number of hydrogen-bond acceptors (Lipinski definition) is 5. The highest BCUT2D eigenvalue weighted by atomic mass is 19.1. The van der Waals surface area contributed by atoms with Crippen LogP contribution >= 0.6 is 0 Å². The van der Waals surface area contributed by atoms with Crippen LogP contribution in [0.1, 0.15) is 36.3 Å². The number of amides is 1. The van der Waals surface area contributed by atoms with Crippen LogP contribution in [0.2, 0.25) is 0 Å². The maximum Gasteiger partial charge on any atom is 0.287 e. The van der Waals surface area contributed by atoms with Gasteiger partial charge in [-0.1, -0.05) is 0 Å². The average Bonchev–Trinajstić information content (AvgIpc) is 3.46. The van der Waals surface area contributed by atoms with E-state index < -0.39 is 17.5 Å². The van der Waals surface area contributed by atoms with E-state index in [0.29, 0.717) is 12.0 Å². The average molecular weight is 455 g/mol. The van der Waals surface area contributed by atoms with Crippen LogP contribution in [-0.4, -0.2) is 42.9 Å². The highest BCUT2D eigenvalue weighted by Gasteiger charge is 2.25. The fourth-order valence-corrected chi connectivity index (χ4v) is 4.23. The lowest BCUT2D eigenvalue weighted by Crippen LogP contribution is -2.42. The fraction of sp³-hybridized carbons (Fsp3) is 0.273. The third-order valence-corrected chi connectivity index (χ3v) is 5.75. The molecule has 2 atom stereocenters. The highest BCUT2D eigenvalue weighted by molar-refractivity contribution is 5.94. The van der Waals surface area contributed by atoms with Gasteiger partial charge < -0.3 is 20.6 Å². The van der Waals surface area contributed by atoms with Gasteiger partial charge in [-0.15, -0.1) is 0 Å². The van der Waals surface area contributed by atoms with Crippen LogP contribution in [0.4, 0.5) is 19.0 Å². The van der Waals surface area contributed by atoms with Gasteiger partial charge in [0.05, 0.1) is 11.7 Å². The Bertz CT molecular complexity index is 1310. The van der Waals surface area contributed by atoms with Crippen molar-refractivity contribution in [2.75, 3.05) is 5.32 Å². The molecule has 8 nitrogen and oxygen atoms in total. The SMILES string of the molecule is O=C(N[C@@H]1CCC[C@H](Nc2nc(-c3c[nH]c4c(F)cc(F)cc34)ncc2F)C1)c1ncc[nH]1. The summed E-state index contributed by atoms with van der Waals surface area (Å²) < 4.78 is 42.3. The van der Waals surface area contributed by atoms with Gasteiger partial charge in [0, 0.05) is 47.7 Å². The number of carbonyl (C=O) groups is 1. The molecule has 1 aliphatic carbocycles. The molecule has 1 aromatic carbocycles. The Morgan fingerprint density at radius 3 is 2.73 bits per heavy atom. The van der Waals surface area contributed by atoms with Gasteiger partial charge >= 0.3 is 0 Å². The molecule has 3 aromatic heterocycles. The molecule has 0 bridgehead atoms. The van der Waals surface area contributed by atoms with Gasteiger partial charge in [-0.3, -0.25) is 4.79 Å². The molecule has 1 aliphatic rings. The Labute approximate surface area is 186 Å². The van der Waals surface area contributed by atoms with Crippen LogP contribution in [0.25, 0.3) is 22.3 Å². The zero-order chi connectivity index (χ0) is 22.9. The second kappa shape index (κ2) is 8.57. The van der Waals surface area contributed by atoms with Crippen molar-refractivity contribution in [3.05, 3.63) is 60.2 Å². The molecule has 0 radical (unpaired) electrons. The van der Waals surface area contributed by atoms with Crippen molar-refractivity contribution in [3.63, 3.8) is 0 Å². The predicted octanol–water partition coefficient (Wildman–Crippen LogP) is 3.92. The summed E-state index contributed by atoms with van der Waals surface area (Å²) in [5.74, 6) is -2.03. The summed E-state index contributed by atoms with van der Waals surface area (Å²) in [6.07, 6.45) is 8.56. The monoisotopic (exact) mass is 455 g/mol. The van der Waals surface area contributed by atoms with E-state index in [1.54, 1.807) is 6.20 Å². The highest BCUT2D eigenvalue weighted by Crippen LogP contribution is 2.30. The first-order valence-corrected chi connectivity index (χ1v) is 10.5. The lowest BCUT2D eigenvalue weighted by Gasteiger charge is -2.30. The molecule has 1 saturated carbocycles. The number of nitrogens with one attached hydrogen (secondary N) is 4. The second-order valence-corrected chi connectivity index (χ2v) is 8.02. The van der Waals surface area contributed by atoms with E-state index in [0.717, 1.165) is 31.5 Å². The number of fused-ring (bicyclic) bond motifs is 1. The molecule has 33 heavy (non-hydrogen) atoms. The molecule has 11 heteroatoms. The van der Waals surface area contributed by atoms with Gasteiger partial charge in [0.2, 0.25) is 0 Å². The Kier molecular flexibility index (Phi) is 5.45. The van der Waals surface area contributed by atoms with Crippen molar-refractivity contribution >= 4 is 22.6 Å². The summed E-state index contributed by atoms with van der Waals surface area (Å²) in [5.41, 5.74) is 0.481. The van der Waals surface area contributed by atoms with Crippen molar-refractivity contribution in [2.24, 2.45) is 0 Å². The van der Waals surface area contributed by atoms with E-state index in [1.165, 1.54) is 18.5 Å². The molecule has 4 N–H and O–H groups in total. The van der Waals surface area contributed by atoms with Crippen molar-refractivity contribution < 1.29 is 18.0 Å². The van der Waals surface area contributed by atoms with Crippen LogP contribution in [0.15, 0.2) is 36.9 Å². The molecule has 0 unspecified atom stereocenters. The summed E-state index contributed by atoms with van der Waals surface area (Å²) in [4.78, 5) is 30.0. The van der Waals surface area contributed by atoms with Gasteiger partial charge in [0.25, 0.3) is 5.91 Å². The van der Waals surface area contributed by atoms with E-state index in [-0.39, 0.29) is 46.4 Å². The van der Waals surface area contributed by atoms with E-state index in [4.69, 9.17) is 0 Å². The maximum absolute atomic E-state index is 14.5. The summed E-state index contributed by atoms with van der Waals surface area (Å²) >= 11 is 0. The molecule has 0 saturated heterocycles. The first-order valence-electron chi connectivity index (χ1n) is 10.5. The number of halogens is 3. The number of rotatable bonds is 5. The molecule has 1 amide bonds. The number of hydrogen-bond donors (Lipinski definition) is 4. The van der Waals surface area contributed by atoms with Crippen molar-refractivity contribution in [3.8, 4) is 11.4 Å². The van der Waals surface area contributed by atoms with E-state index in [2.05, 4.69) is 35.6 Å². The van der Waals surface area contributed by atoms with E-state index in [1.807, 2.05) is 0 Å². The van der Waals surface area contributed by atoms with E-state index >= 15 is 0 Å². The Morgan fingerprint density at radius 2 is 1.91 bits per heavy atom. The van der Waals surface area contributed by atoms with Crippen LogP contribution in [-0.2, 0) is 0 Å². The number of benzene rings is 1. The zero-order valence-corrected chi connectivity index (χ0v) is 17.3. The van der Waals surface area contributed by atoms with Gasteiger partial charge in [-0.25, -0.2) is 28.1 Å². The number of imidazole rings is 1. The second-order valence-electron chi connectivity index (χ2n) is 8.02. The fourth-order valence-electron chi connectivity index (χ4n) is 4.23. The van der Waals surface area contributed by atoms with Crippen molar-refractivity contribution in [1.82, 2.24) is 30.2 Å². The summed E-state index contributed by atoms with van der Waals surface area (Å²) in [5, 5.41) is 6.31. The van der Waals surface area contributed by atoms with Crippen LogP contribution in [0.3, 0.4) is 0 Å². The van der Waals surface area contributed by atoms with Crippen LogP contribution in [0.5, 0.6) is 0 Å². The summed E-state index contributed by atoms with van der Waals surface area (Å²) in [6.45, 7) is 0. The third-order valence-electron chi connectivity index (χ3n) is 5.75. The predicted molar refractivity (Wildman–Crippen MR) is 115 cm³/mol. The molecule has 170 valence electrons. The largest absolute Gasteiger partial charge is 0.365 e. The van der Waals surface area contributed by atoms with Gasteiger partial charge in [-0.05, 0) is 31.7 Å². The molecular formula is C22H20F3N7O. The van der Waals surface area contributed by atoms with Crippen molar-refractivity contribution in [1.29, 1.82) is 0 Å². The molecular weight excluding hydrogens is 435 g/mol. The topological polar surface area (TPSA) is 111 Å². The summed E-state index contributed by atoms with van der Waals surface area (Å²) in [6, 6.07) is 1.73. The van der Waals surface area contributed by atoms with Gasteiger partial charge in [0.15, 0.2) is 23.3 Å². The van der Waals surface area contributed by atoms with Gasteiger partial charge in [-0.2, -0.15) is 0 Å². The van der Waals surface area contributed by atoms with Gasteiger partial charge in [0.1, 0.15) is 11.6 Å². The normalized spacial score (nSPS) is 18.4. The molecule has 3 heterocycles. The number of aromatic amines is 2. The smallest absolute Gasteiger partial charge is 0.287 e. The molecule has 0 aliphatic heterocycles.